The molecule has 0 saturated heterocycles. The monoisotopic (exact) mass is 499 g/mol. The number of nitrogens with zero attached hydrogens (tertiary/aromatic N) is 2. The second-order valence-corrected chi connectivity index (χ2v) is 11.9. The lowest BCUT2D eigenvalue weighted by atomic mass is 9.75. The van der Waals surface area contributed by atoms with Crippen molar-refractivity contribution in [3.8, 4) is 0 Å². The van der Waals surface area contributed by atoms with Gasteiger partial charge in [-0.15, -0.1) is 0 Å². The lowest BCUT2D eigenvalue weighted by molar-refractivity contribution is -0.132. The minimum absolute atomic E-state index is 0.172. The van der Waals surface area contributed by atoms with E-state index in [4.69, 9.17) is 10.7 Å². The van der Waals surface area contributed by atoms with Gasteiger partial charge in [-0.1, -0.05) is 125 Å². The van der Waals surface area contributed by atoms with Crippen LogP contribution in [0.2, 0.25) is 0 Å². The molecule has 1 heterocycles. The Kier molecular flexibility index (Phi) is 8.63. The molecule has 4 nitrogen and oxygen atoms in total. The fourth-order valence-corrected chi connectivity index (χ4v) is 7.24. The molecule has 0 radical (unpaired) electrons. The maximum absolute atomic E-state index is 14.2. The molecule has 3 aliphatic rings. The summed E-state index contributed by atoms with van der Waals surface area (Å²) in [5, 5.41) is 0. The van der Waals surface area contributed by atoms with Crippen LogP contribution in [0.5, 0.6) is 0 Å². The van der Waals surface area contributed by atoms with Crippen LogP contribution in [-0.2, 0) is 4.79 Å². The van der Waals surface area contributed by atoms with Gasteiger partial charge in [0.15, 0.2) is 5.96 Å². The van der Waals surface area contributed by atoms with Crippen molar-refractivity contribution >= 4 is 11.9 Å². The number of amides is 1. The quantitative estimate of drug-likeness (QED) is 0.369. The van der Waals surface area contributed by atoms with E-state index >= 15 is 0 Å². The fourth-order valence-electron chi connectivity index (χ4n) is 7.24. The summed E-state index contributed by atoms with van der Waals surface area (Å²) in [6.07, 6.45) is 16.7. The minimum atomic E-state index is -0.640. The van der Waals surface area contributed by atoms with Crippen molar-refractivity contribution < 1.29 is 4.79 Å². The number of benzene rings is 2. The number of hydrogen-bond acceptors (Lipinski definition) is 3. The Labute approximate surface area is 223 Å². The van der Waals surface area contributed by atoms with Crippen LogP contribution < -0.4 is 5.73 Å². The molecule has 2 aromatic rings. The zero-order valence-corrected chi connectivity index (χ0v) is 22.5. The summed E-state index contributed by atoms with van der Waals surface area (Å²) >= 11 is 0. The van der Waals surface area contributed by atoms with E-state index < -0.39 is 5.54 Å². The second kappa shape index (κ2) is 12.3. The molecule has 1 unspecified atom stereocenters. The van der Waals surface area contributed by atoms with E-state index in [-0.39, 0.29) is 11.8 Å². The Morgan fingerprint density at radius 1 is 0.811 bits per heavy atom. The van der Waals surface area contributed by atoms with Crippen LogP contribution in [-0.4, -0.2) is 28.9 Å². The average molecular weight is 500 g/mol. The van der Waals surface area contributed by atoms with E-state index in [2.05, 4.69) is 60.7 Å². The van der Waals surface area contributed by atoms with E-state index in [0.29, 0.717) is 18.4 Å². The number of carbonyl (C=O) groups is 1. The Balaban J connectivity index is 1.33. The molecule has 37 heavy (non-hydrogen) atoms. The minimum Gasteiger partial charge on any atom is -0.369 e. The van der Waals surface area contributed by atoms with Crippen molar-refractivity contribution in [1.82, 2.24) is 4.90 Å². The highest BCUT2D eigenvalue weighted by atomic mass is 16.2. The highest BCUT2D eigenvalue weighted by Gasteiger charge is 2.48. The first-order chi connectivity index (χ1) is 18.1. The van der Waals surface area contributed by atoms with Gasteiger partial charge in [-0.25, -0.2) is 4.99 Å². The first-order valence-electron chi connectivity index (χ1n) is 14.9. The topological polar surface area (TPSA) is 58.7 Å². The van der Waals surface area contributed by atoms with Crippen LogP contribution in [0, 0.1) is 11.8 Å². The summed E-state index contributed by atoms with van der Waals surface area (Å²) in [5.41, 5.74) is 8.50. The van der Waals surface area contributed by atoms with Gasteiger partial charge >= 0.3 is 0 Å². The molecule has 2 fully saturated rings. The molecule has 4 heteroatoms. The molecule has 1 amide bonds. The molecule has 5 rings (SSSR count). The summed E-state index contributed by atoms with van der Waals surface area (Å²) in [6, 6.07) is 21.3. The van der Waals surface area contributed by atoms with E-state index in [0.717, 1.165) is 31.6 Å². The summed E-state index contributed by atoms with van der Waals surface area (Å²) < 4.78 is 0. The van der Waals surface area contributed by atoms with Crippen molar-refractivity contribution in [2.24, 2.45) is 22.6 Å². The van der Waals surface area contributed by atoms with Crippen molar-refractivity contribution in [1.29, 1.82) is 0 Å². The number of carbonyl (C=O) groups excluding carboxylic acids is 1. The Hall–Kier alpha value is -2.62. The summed E-state index contributed by atoms with van der Waals surface area (Å²) in [6.45, 7) is 0.610. The largest absolute Gasteiger partial charge is 0.369 e. The molecular weight excluding hydrogens is 454 g/mol. The van der Waals surface area contributed by atoms with Crippen LogP contribution in [0.1, 0.15) is 107 Å². The summed E-state index contributed by atoms with van der Waals surface area (Å²) in [5.74, 6) is 2.19. The standard InChI is InChI=1S/C33H45N3O/c34-32-35-33(25-27-15-7-2-8-16-27,23-21-26-13-5-1-6-14-26)31(37)36(32)24-22-30(28-17-9-3-10-18-28)29-19-11-4-12-20-29/h3-4,9-12,17-20,26-27,30H,1-2,5-8,13-16,21-25H2,(H2,34,35). The predicted octanol–water partition coefficient (Wildman–Crippen LogP) is 7.44. The first kappa shape index (κ1) is 26.0. The number of nitrogens with two attached hydrogens (primary N) is 1. The number of hydrogen-bond donors (Lipinski definition) is 1. The highest BCUT2D eigenvalue weighted by molar-refractivity contribution is 6.06. The molecule has 2 N–H and O–H groups in total. The second-order valence-electron chi connectivity index (χ2n) is 11.9. The van der Waals surface area contributed by atoms with Crippen LogP contribution in [0.3, 0.4) is 0 Å². The zero-order chi connectivity index (χ0) is 25.5. The molecule has 1 aliphatic heterocycles. The predicted molar refractivity (Wildman–Crippen MR) is 152 cm³/mol. The Morgan fingerprint density at radius 3 is 1.92 bits per heavy atom. The average Bonchev–Trinajstić information content (AvgIpc) is 3.18. The summed E-state index contributed by atoms with van der Waals surface area (Å²) in [7, 11) is 0. The van der Waals surface area contributed by atoms with Gasteiger partial charge < -0.3 is 5.73 Å². The number of rotatable bonds is 10. The molecule has 0 bridgehead atoms. The molecule has 198 valence electrons. The van der Waals surface area contributed by atoms with E-state index in [1.807, 2.05) is 4.90 Å². The fraction of sp³-hybridized carbons (Fsp3) is 0.576. The van der Waals surface area contributed by atoms with E-state index in [1.165, 1.54) is 75.3 Å². The summed E-state index contributed by atoms with van der Waals surface area (Å²) in [4.78, 5) is 21.1. The van der Waals surface area contributed by atoms with Crippen LogP contribution >= 0.6 is 0 Å². The van der Waals surface area contributed by atoms with E-state index in [9.17, 15) is 4.79 Å². The smallest absolute Gasteiger partial charge is 0.257 e. The van der Waals surface area contributed by atoms with Gasteiger partial charge in [0.2, 0.25) is 0 Å². The van der Waals surface area contributed by atoms with Crippen molar-refractivity contribution in [3.05, 3.63) is 71.8 Å². The van der Waals surface area contributed by atoms with Gasteiger partial charge in [-0.05, 0) is 48.6 Å². The first-order valence-corrected chi connectivity index (χ1v) is 14.9. The normalized spacial score (nSPS) is 23.5. The van der Waals surface area contributed by atoms with Gasteiger partial charge in [0, 0.05) is 12.5 Å². The molecule has 2 aromatic carbocycles. The van der Waals surface area contributed by atoms with E-state index in [1.54, 1.807) is 0 Å². The van der Waals surface area contributed by atoms with Crippen LogP contribution in [0.25, 0.3) is 0 Å². The number of aliphatic imine (C=N–C) groups is 1. The van der Waals surface area contributed by atoms with Gasteiger partial charge in [0.05, 0.1) is 0 Å². The van der Waals surface area contributed by atoms with Crippen molar-refractivity contribution in [2.45, 2.75) is 101 Å². The van der Waals surface area contributed by atoms with Gasteiger partial charge in [-0.2, -0.15) is 0 Å². The highest BCUT2D eigenvalue weighted by Crippen LogP contribution is 2.41. The number of guanidine groups is 1. The SMILES string of the molecule is NC1=NC(CCC2CCCCC2)(CC2CCCCC2)C(=O)N1CCC(c1ccccc1)c1ccccc1. The molecular formula is C33H45N3O. The zero-order valence-electron chi connectivity index (χ0n) is 22.5. The third kappa shape index (κ3) is 6.27. The lowest BCUT2D eigenvalue weighted by Gasteiger charge is -2.33. The molecule has 1 atom stereocenters. The Morgan fingerprint density at radius 2 is 1.35 bits per heavy atom. The third-order valence-electron chi connectivity index (χ3n) is 9.34. The van der Waals surface area contributed by atoms with Gasteiger partial charge in [0.25, 0.3) is 5.91 Å². The van der Waals surface area contributed by atoms with Gasteiger partial charge in [0.1, 0.15) is 5.54 Å². The Bertz CT molecular complexity index is 985. The molecule has 0 aromatic heterocycles. The maximum atomic E-state index is 14.2. The third-order valence-corrected chi connectivity index (χ3v) is 9.34. The molecule has 2 aliphatic carbocycles. The van der Waals surface area contributed by atoms with Crippen molar-refractivity contribution in [3.63, 3.8) is 0 Å². The lowest BCUT2D eigenvalue weighted by Crippen LogP contribution is -2.46. The maximum Gasteiger partial charge on any atom is 0.257 e. The van der Waals surface area contributed by atoms with Crippen LogP contribution in [0.4, 0.5) is 0 Å². The molecule has 2 saturated carbocycles. The molecule has 0 spiro atoms. The van der Waals surface area contributed by atoms with Crippen molar-refractivity contribution in [2.75, 3.05) is 6.54 Å². The van der Waals surface area contributed by atoms with Crippen LogP contribution in [0.15, 0.2) is 65.7 Å². The van der Waals surface area contributed by atoms with Gasteiger partial charge in [-0.3, -0.25) is 9.69 Å².